The van der Waals surface area contributed by atoms with Gasteiger partial charge in [0.1, 0.15) is 5.70 Å². The molecule has 2 aliphatic heterocycles. The van der Waals surface area contributed by atoms with Gasteiger partial charge in [0.2, 0.25) is 5.91 Å². The van der Waals surface area contributed by atoms with Crippen LogP contribution in [0, 0.1) is 5.41 Å². The van der Waals surface area contributed by atoms with Crippen LogP contribution < -0.4 is 0 Å². The molecule has 1 atom stereocenters. The average Bonchev–Trinajstić information content (AvgIpc) is 2.25. The lowest BCUT2D eigenvalue weighted by Gasteiger charge is -2.33. The molecule has 2 heterocycles. The van der Waals surface area contributed by atoms with Gasteiger partial charge in [-0.15, -0.1) is 0 Å². The third-order valence-electron chi connectivity index (χ3n) is 1.64. The van der Waals surface area contributed by atoms with Gasteiger partial charge in [-0.3, -0.25) is 9.69 Å². The van der Waals surface area contributed by atoms with E-state index in [1.54, 1.807) is 0 Å². The molecule has 1 N–H and O–H groups in total. The molecule has 2 aliphatic rings. The number of carboxylic acid groups (broad SMARTS) is 1. The number of thioether (sulfide) groups is 1. The second-order valence-electron chi connectivity index (χ2n) is 2.30. The van der Waals surface area contributed by atoms with Gasteiger partial charge in [-0.2, -0.15) is 0 Å². The van der Waals surface area contributed by atoms with Gasteiger partial charge in [-0.05, 0) is 0 Å². The van der Waals surface area contributed by atoms with Gasteiger partial charge >= 0.3 is 5.97 Å². The minimum Gasteiger partial charge on any atom is -0.477 e. The predicted octanol–water partition coefficient (Wildman–Crippen LogP) is 0.0208. The summed E-state index contributed by atoms with van der Waals surface area (Å²) in [5.74, 6) is -1.20. The van der Waals surface area contributed by atoms with Gasteiger partial charge in [-0.1, -0.05) is 11.8 Å². The molecule has 0 aromatic rings. The zero-order valence-corrected chi connectivity index (χ0v) is 6.22. The topological polar surface area (TPSA) is 57.6 Å². The van der Waals surface area contributed by atoms with Crippen LogP contribution in [0.25, 0.3) is 0 Å². The molecule has 57 valence electrons. The number of aliphatic carboxylic acids is 1. The van der Waals surface area contributed by atoms with Gasteiger partial charge in [-0.25, -0.2) is 4.79 Å². The second kappa shape index (κ2) is 2.01. The third kappa shape index (κ3) is 0.773. The molecule has 5 heteroatoms. The number of carboxylic acids is 1. The van der Waals surface area contributed by atoms with Crippen LogP contribution in [0.1, 0.15) is 6.42 Å². The second-order valence-corrected chi connectivity index (χ2v) is 3.28. The van der Waals surface area contributed by atoms with E-state index in [9.17, 15) is 9.59 Å². The minimum atomic E-state index is -1.08. The van der Waals surface area contributed by atoms with E-state index in [1.807, 2.05) is 0 Å². The Morgan fingerprint density at radius 1 is 1.82 bits per heavy atom. The van der Waals surface area contributed by atoms with Gasteiger partial charge in [0, 0.05) is 0 Å². The van der Waals surface area contributed by atoms with Gasteiger partial charge < -0.3 is 5.11 Å². The molecule has 1 radical (unpaired) electrons. The van der Waals surface area contributed by atoms with E-state index in [0.717, 1.165) is 0 Å². The Morgan fingerprint density at radius 2 is 2.55 bits per heavy atom. The van der Waals surface area contributed by atoms with Crippen LogP contribution in [0.2, 0.25) is 0 Å². The lowest BCUT2D eigenvalue weighted by Crippen LogP contribution is -2.48. The predicted molar refractivity (Wildman–Crippen MR) is 37.2 cm³/mol. The molecular weight excluding hydrogens is 166 g/mol. The standard InChI is InChI=1S/C6H4NO3S/c8-4-1-5-7(4)3(2-11-5)6(9)10/h5H,1H2,(H,9,10)/t5-/m1/s1. The number of hydrogen-bond donors (Lipinski definition) is 1. The lowest BCUT2D eigenvalue weighted by molar-refractivity contribution is -0.145. The first-order chi connectivity index (χ1) is 5.20. The molecule has 4 nitrogen and oxygen atoms in total. The van der Waals surface area contributed by atoms with Crippen LogP contribution in [0.4, 0.5) is 0 Å². The van der Waals surface area contributed by atoms with Crippen molar-refractivity contribution >= 4 is 23.6 Å². The zero-order chi connectivity index (χ0) is 8.01. The first kappa shape index (κ1) is 6.72. The van der Waals surface area contributed by atoms with E-state index >= 15 is 0 Å². The number of β-lactam (4-membered cyclic amide) rings is 1. The molecule has 0 aromatic carbocycles. The maximum atomic E-state index is 10.8. The third-order valence-corrected chi connectivity index (χ3v) is 2.60. The quantitative estimate of drug-likeness (QED) is 0.564. The minimum absolute atomic E-state index is 0.00347. The summed E-state index contributed by atoms with van der Waals surface area (Å²) in [4.78, 5) is 22.5. The molecule has 0 aliphatic carbocycles. The van der Waals surface area contributed by atoms with Crippen LogP contribution in [0.5, 0.6) is 0 Å². The molecule has 0 unspecified atom stereocenters. The monoisotopic (exact) mass is 170 g/mol. The maximum absolute atomic E-state index is 10.8. The van der Waals surface area contributed by atoms with Crippen molar-refractivity contribution < 1.29 is 14.7 Å². The molecule has 0 spiro atoms. The van der Waals surface area contributed by atoms with Gasteiger partial charge in [0.05, 0.1) is 17.2 Å². The summed E-state index contributed by atoms with van der Waals surface area (Å²) in [5, 5.41) is 11.1. The van der Waals surface area contributed by atoms with Crippen molar-refractivity contribution in [3.05, 3.63) is 11.1 Å². The fraction of sp³-hybridized carbons (Fsp3) is 0.333. The van der Waals surface area contributed by atoms with Crippen LogP contribution in [-0.2, 0) is 9.59 Å². The number of fused-ring (bicyclic) bond motifs is 1. The largest absolute Gasteiger partial charge is 0.477 e. The van der Waals surface area contributed by atoms with Crippen molar-refractivity contribution in [3.63, 3.8) is 0 Å². The summed E-state index contributed by atoms with van der Waals surface area (Å²) < 4.78 is 0. The number of carbonyl (C=O) groups is 2. The average molecular weight is 170 g/mol. The number of nitrogens with zero attached hydrogens (tertiary/aromatic N) is 1. The molecule has 11 heavy (non-hydrogen) atoms. The fourth-order valence-corrected chi connectivity index (χ4v) is 2.06. The summed E-state index contributed by atoms with van der Waals surface area (Å²) in [7, 11) is 0. The summed E-state index contributed by atoms with van der Waals surface area (Å²) in [6.07, 6.45) is 0.439. The van der Waals surface area contributed by atoms with Crippen LogP contribution in [0.15, 0.2) is 5.70 Å². The first-order valence-corrected chi connectivity index (χ1v) is 3.92. The van der Waals surface area contributed by atoms with E-state index in [1.165, 1.54) is 16.7 Å². The van der Waals surface area contributed by atoms with Crippen LogP contribution in [0.3, 0.4) is 0 Å². The molecule has 0 bridgehead atoms. The number of rotatable bonds is 1. The molecule has 1 fully saturated rings. The highest BCUT2D eigenvalue weighted by Gasteiger charge is 2.45. The van der Waals surface area contributed by atoms with Gasteiger partial charge in [0.15, 0.2) is 0 Å². The number of hydrogen-bond acceptors (Lipinski definition) is 3. The zero-order valence-electron chi connectivity index (χ0n) is 5.40. The Kier molecular flexibility index (Phi) is 1.23. The number of carbonyl (C=O) groups excluding carboxylic acids is 1. The summed E-state index contributed by atoms with van der Waals surface area (Å²) in [6.45, 7) is 0. The van der Waals surface area contributed by atoms with Crippen LogP contribution in [-0.4, -0.2) is 27.3 Å². The molecule has 1 saturated heterocycles. The highest BCUT2D eigenvalue weighted by molar-refractivity contribution is 8.01. The van der Waals surface area contributed by atoms with Crippen molar-refractivity contribution in [2.24, 2.45) is 0 Å². The van der Waals surface area contributed by atoms with Gasteiger partial charge in [0.25, 0.3) is 0 Å². The lowest BCUT2D eigenvalue weighted by atomic mass is 10.2. The van der Waals surface area contributed by atoms with Crippen molar-refractivity contribution in [3.8, 4) is 0 Å². The Hall–Kier alpha value is -0.970. The highest BCUT2D eigenvalue weighted by atomic mass is 32.2. The summed E-state index contributed by atoms with van der Waals surface area (Å²) in [6, 6.07) is 0. The molecular formula is C6H4NO3S. The van der Waals surface area contributed by atoms with E-state index < -0.39 is 5.97 Å². The Morgan fingerprint density at radius 3 is 3.00 bits per heavy atom. The maximum Gasteiger partial charge on any atom is 0.353 e. The Labute approximate surface area is 66.9 Å². The van der Waals surface area contributed by atoms with E-state index in [2.05, 4.69) is 5.41 Å². The van der Waals surface area contributed by atoms with Crippen molar-refractivity contribution in [2.75, 3.05) is 0 Å². The summed E-state index contributed by atoms with van der Waals surface area (Å²) >= 11 is 1.27. The molecule has 0 aromatic heterocycles. The van der Waals surface area contributed by atoms with E-state index in [4.69, 9.17) is 5.11 Å². The molecule has 0 saturated carbocycles. The van der Waals surface area contributed by atoms with Crippen molar-refractivity contribution in [2.45, 2.75) is 11.8 Å². The van der Waals surface area contributed by atoms with Crippen LogP contribution >= 0.6 is 11.8 Å². The summed E-state index contributed by atoms with van der Waals surface area (Å²) in [5.41, 5.74) is -0.00347. The van der Waals surface area contributed by atoms with Crippen molar-refractivity contribution in [1.82, 2.24) is 4.90 Å². The smallest absolute Gasteiger partial charge is 0.353 e. The molecule has 2 rings (SSSR count). The first-order valence-electron chi connectivity index (χ1n) is 3.04. The van der Waals surface area contributed by atoms with E-state index in [-0.39, 0.29) is 17.0 Å². The Balaban J connectivity index is 2.24. The van der Waals surface area contributed by atoms with Crippen molar-refractivity contribution in [1.29, 1.82) is 0 Å². The SMILES string of the molecule is O=C(O)C1=[C]S[C@@H]2CC(=O)N12. The molecule has 1 amide bonds. The van der Waals surface area contributed by atoms with E-state index in [0.29, 0.717) is 6.42 Å². The number of amides is 1. The Bertz CT molecular complexity index is 273. The normalized spacial score (nSPS) is 27.6. The highest BCUT2D eigenvalue weighted by Crippen LogP contribution is 2.39. The fourth-order valence-electron chi connectivity index (χ4n) is 1.07.